The molecule has 7 nitrogen and oxygen atoms in total. The molecule has 20 heavy (non-hydrogen) atoms. The molecular weight excluding hydrogens is 262 g/mol. The Morgan fingerprint density at radius 1 is 1.30 bits per heavy atom. The second-order valence-electron chi connectivity index (χ2n) is 4.84. The highest BCUT2D eigenvalue weighted by Gasteiger charge is 2.18. The highest BCUT2D eigenvalue weighted by molar-refractivity contribution is 5.88. The number of methoxy groups -OCH3 is 1. The first kappa shape index (κ1) is 16.6. The predicted molar refractivity (Wildman–Crippen MR) is 72.6 cm³/mol. The van der Waals surface area contributed by atoms with Crippen LogP contribution in [-0.4, -0.2) is 54.5 Å². The normalized spacial score (nSPS) is 11.1. The summed E-state index contributed by atoms with van der Waals surface area (Å²) in [4.78, 5) is 11.8. The van der Waals surface area contributed by atoms with Crippen molar-refractivity contribution < 1.29 is 19.0 Å². The van der Waals surface area contributed by atoms with E-state index in [2.05, 4.69) is 10.3 Å². The summed E-state index contributed by atoms with van der Waals surface area (Å²) in [6, 6.07) is 0. The van der Waals surface area contributed by atoms with Gasteiger partial charge in [-0.05, 0) is 12.8 Å². The lowest BCUT2D eigenvalue weighted by Gasteiger charge is -2.06. The van der Waals surface area contributed by atoms with E-state index in [4.69, 9.17) is 14.2 Å². The Kier molecular flexibility index (Phi) is 7.17. The number of rotatable bonds is 9. The number of carbonyl (C=O) groups is 1. The van der Waals surface area contributed by atoms with Gasteiger partial charge < -0.3 is 14.2 Å². The Morgan fingerprint density at radius 3 is 2.70 bits per heavy atom. The van der Waals surface area contributed by atoms with Crippen molar-refractivity contribution in [3.63, 3.8) is 0 Å². The molecule has 7 heteroatoms. The number of aromatic nitrogens is 3. The average molecular weight is 285 g/mol. The lowest BCUT2D eigenvalue weighted by Crippen LogP contribution is -2.13. The van der Waals surface area contributed by atoms with Crippen LogP contribution < -0.4 is 0 Å². The van der Waals surface area contributed by atoms with Gasteiger partial charge in [-0.1, -0.05) is 19.1 Å². The lowest BCUT2D eigenvalue weighted by molar-refractivity contribution is 0.0450. The molecular formula is C13H23N3O4. The first-order valence-corrected chi connectivity index (χ1v) is 6.70. The van der Waals surface area contributed by atoms with Crippen LogP contribution in [0.5, 0.6) is 0 Å². The van der Waals surface area contributed by atoms with E-state index in [9.17, 15) is 4.79 Å². The molecule has 0 unspecified atom stereocenters. The third-order valence-corrected chi connectivity index (χ3v) is 2.60. The van der Waals surface area contributed by atoms with Gasteiger partial charge in [-0.15, -0.1) is 5.10 Å². The van der Waals surface area contributed by atoms with Crippen LogP contribution in [0.15, 0.2) is 0 Å². The topological polar surface area (TPSA) is 75.5 Å². The Balaban J connectivity index is 2.45. The van der Waals surface area contributed by atoms with E-state index in [0.29, 0.717) is 44.6 Å². The largest absolute Gasteiger partial charge is 0.461 e. The molecule has 1 rings (SSSR count). The number of nitrogens with zero attached hydrogens (tertiary/aromatic N) is 3. The van der Waals surface area contributed by atoms with Gasteiger partial charge in [0.1, 0.15) is 0 Å². The van der Waals surface area contributed by atoms with Crippen molar-refractivity contribution in [2.45, 2.75) is 27.3 Å². The van der Waals surface area contributed by atoms with Crippen molar-refractivity contribution >= 4 is 5.97 Å². The smallest absolute Gasteiger partial charge is 0.360 e. The van der Waals surface area contributed by atoms with Crippen LogP contribution in [0.25, 0.3) is 0 Å². The standard InChI is InChI=1S/C13H23N3O4/c1-10(2)9-20-13(17)12-11(3)16(15-14-12)5-6-19-8-7-18-4/h10H,5-9H2,1-4H3. The van der Waals surface area contributed by atoms with E-state index < -0.39 is 5.97 Å². The molecule has 0 aliphatic heterocycles. The van der Waals surface area contributed by atoms with Crippen LogP contribution in [0.2, 0.25) is 0 Å². The number of esters is 1. The average Bonchev–Trinajstić information content (AvgIpc) is 2.77. The summed E-state index contributed by atoms with van der Waals surface area (Å²) in [5.41, 5.74) is 0.955. The fourth-order valence-electron chi connectivity index (χ4n) is 1.47. The van der Waals surface area contributed by atoms with Crippen molar-refractivity contribution in [3.8, 4) is 0 Å². The van der Waals surface area contributed by atoms with Crippen molar-refractivity contribution in [1.29, 1.82) is 0 Å². The Labute approximate surface area is 119 Å². The maximum Gasteiger partial charge on any atom is 0.360 e. The summed E-state index contributed by atoms with van der Waals surface area (Å²) in [5.74, 6) is -0.133. The highest BCUT2D eigenvalue weighted by atomic mass is 16.5. The molecule has 0 aliphatic carbocycles. The van der Waals surface area contributed by atoms with Gasteiger partial charge in [0.15, 0.2) is 5.69 Å². The van der Waals surface area contributed by atoms with E-state index in [-0.39, 0.29) is 5.69 Å². The zero-order chi connectivity index (χ0) is 15.0. The molecule has 0 saturated carbocycles. The molecule has 0 fully saturated rings. The third kappa shape index (κ3) is 5.26. The second kappa shape index (κ2) is 8.65. The Hall–Kier alpha value is -1.47. The summed E-state index contributed by atoms with van der Waals surface area (Å²) in [6.45, 7) is 8.26. The van der Waals surface area contributed by atoms with E-state index in [1.165, 1.54) is 0 Å². The SMILES string of the molecule is COCCOCCn1nnc(C(=O)OCC(C)C)c1C. The first-order chi connectivity index (χ1) is 9.56. The number of carbonyl (C=O) groups excluding carboxylic acids is 1. The van der Waals surface area contributed by atoms with Gasteiger partial charge in [0.25, 0.3) is 0 Å². The van der Waals surface area contributed by atoms with Gasteiger partial charge in [0.2, 0.25) is 0 Å². The van der Waals surface area contributed by atoms with E-state index in [0.717, 1.165) is 0 Å². The van der Waals surface area contributed by atoms with Gasteiger partial charge >= 0.3 is 5.97 Å². The first-order valence-electron chi connectivity index (χ1n) is 6.70. The predicted octanol–water partition coefficient (Wildman–Crippen LogP) is 1.06. The van der Waals surface area contributed by atoms with Gasteiger partial charge in [-0.3, -0.25) is 0 Å². The molecule has 0 radical (unpaired) electrons. The van der Waals surface area contributed by atoms with Gasteiger partial charge in [-0.2, -0.15) is 0 Å². The summed E-state index contributed by atoms with van der Waals surface area (Å²) in [5, 5.41) is 7.80. The molecule has 0 N–H and O–H groups in total. The van der Waals surface area contributed by atoms with Crippen molar-refractivity contribution in [2.24, 2.45) is 5.92 Å². The maximum absolute atomic E-state index is 11.8. The molecule has 0 atom stereocenters. The summed E-state index contributed by atoms with van der Waals surface area (Å²) in [6.07, 6.45) is 0. The summed E-state index contributed by atoms with van der Waals surface area (Å²) < 4.78 is 17.0. The number of hydrogen-bond donors (Lipinski definition) is 0. The Morgan fingerprint density at radius 2 is 2.05 bits per heavy atom. The molecule has 1 aromatic rings. The van der Waals surface area contributed by atoms with Crippen molar-refractivity contribution in [1.82, 2.24) is 15.0 Å². The molecule has 0 aliphatic rings. The zero-order valence-corrected chi connectivity index (χ0v) is 12.6. The third-order valence-electron chi connectivity index (χ3n) is 2.60. The quantitative estimate of drug-likeness (QED) is 0.499. The molecule has 0 saturated heterocycles. The molecule has 1 heterocycles. The van der Waals surface area contributed by atoms with E-state index in [1.54, 1.807) is 18.7 Å². The summed E-state index contributed by atoms with van der Waals surface area (Å²) in [7, 11) is 1.62. The maximum atomic E-state index is 11.8. The zero-order valence-electron chi connectivity index (χ0n) is 12.6. The van der Waals surface area contributed by atoms with Gasteiger partial charge in [-0.25, -0.2) is 9.48 Å². The van der Waals surface area contributed by atoms with Crippen LogP contribution >= 0.6 is 0 Å². The van der Waals surface area contributed by atoms with Crippen LogP contribution in [0, 0.1) is 12.8 Å². The van der Waals surface area contributed by atoms with Crippen LogP contribution in [0.1, 0.15) is 30.0 Å². The highest BCUT2D eigenvalue weighted by Crippen LogP contribution is 2.06. The number of hydrogen-bond acceptors (Lipinski definition) is 6. The van der Waals surface area contributed by atoms with Crippen molar-refractivity contribution in [3.05, 3.63) is 11.4 Å². The minimum absolute atomic E-state index is 0.266. The fourth-order valence-corrected chi connectivity index (χ4v) is 1.47. The fraction of sp³-hybridized carbons (Fsp3) is 0.769. The number of ether oxygens (including phenoxy) is 3. The van der Waals surface area contributed by atoms with E-state index in [1.807, 2.05) is 13.8 Å². The van der Waals surface area contributed by atoms with Gasteiger partial charge in [0, 0.05) is 7.11 Å². The minimum atomic E-state index is -0.428. The van der Waals surface area contributed by atoms with E-state index >= 15 is 0 Å². The summed E-state index contributed by atoms with van der Waals surface area (Å²) >= 11 is 0. The molecule has 0 bridgehead atoms. The van der Waals surface area contributed by atoms with Gasteiger partial charge in [0.05, 0.1) is 38.7 Å². The Bertz CT molecular complexity index is 418. The minimum Gasteiger partial charge on any atom is -0.461 e. The van der Waals surface area contributed by atoms with Crippen LogP contribution in [0.3, 0.4) is 0 Å². The molecule has 114 valence electrons. The molecule has 0 spiro atoms. The van der Waals surface area contributed by atoms with Crippen LogP contribution in [0.4, 0.5) is 0 Å². The second-order valence-corrected chi connectivity index (χ2v) is 4.84. The lowest BCUT2D eigenvalue weighted by atomic mass is 10.2. The van der Waals surface area contributed by atoms with Crippen LogP contribution in [-0.2, 0) is 20.8 Å². The molecule has 1 aromatic heterocycles. The molecule has 0 aromatic carbocycles. The monoisotopic (exact) mass is 285 g/mol. The van der Waals surface area contributed by atoms with Crippen molar-refractivity contribution in [2.75, 3.05) is 33.5 Å². The molecule has 0 amide bonds.